The van der Waals surface area contributed by atoms with Gasteiger partial charge in [-0.1, -0.05) is 41.5 Å². The smallest absolute Gasteiger partial charge is 0.244 e. The molecule has 0 saturated carbocycles. The van der Waals surface area contributed by atoms with Crippen molar-refractivity contribution in [2.24, 2.45) is 0 Å². The van der Waals surface area contributed by atoms with Crippen LogP contribution < -0.4 is 9.62 Å². The van der Waals surface area contributed by atoms with Crippen molar-refractivity contribution >= 4 is 21.6 Å². The topological polar surface area (TPSA) is 66.5 Å². The highest BCUT2D eigenvalue weighted by Gasteiger charge is 2.30. The molecule has 0 saturated heterocycles. The molecule has 6 heteroatoms. The Morgan fingerprint density at radius 1 is 0.963 bits per heavy atom. The van der Waals surface area contributed by atoms with E-state index in [-0.39, 0.29) is 11.9 Å². The SMILES string of the molecule is Cc1ccc(N(C(C)C(=O)NC(C)c2ccc(C)cc2C)S(C)(=O)=O)cc1. The van der Waals surface area contributed by atoms with Crippen LogP contribution in [0.4, 0.5) is 5.69 Å². The molecule has 2 aromatic carbocycles. The third-order valence-electron chi connectivity index (χ3n) is 4.63. The molecule has 5 nitrogen and oxygen atoms in total. The Balaban J connectivity index is 2.25. The van der Waals surface area contributed by atoms with Crippen molar-refractivity contribution in [1.29, 1.82) is 0 Å². The predicted octanol–water partition coefficient (Wildman–Crippen LogP) is 3.64. The molecular formula is C21H28N2O3S. The highest BCUT2D eigenvalue weighted by molar-refractivity contribution is 7.92. The standard InChI is InChI=1S/C21H28N2O3S/c1-14-7-10-19(11-8-14)23(27(6,25)26)18(5)21(24)22-17(4)20-12-9-15(2)13-16(20)3/h7-13,17-18H,1-6H3,(H,22,24). The van der Waals surface area contributed by atoms with Gasteiger partial charge >= 0.3 is 0 Å². The first-order valence-corrected chi connectivity index (χ1v) is 10.8. The van der Waals surface area contributed by atoms with Crippen molar-refractivity contribution in [3.05, 3.63) is 64.7 Å². The molecule has 0 spiro atoms. The van der Waals surface area contributed by atoms with Crippen molar-refractivity contribution in [3.8, 4) is 0 Å². The maximum Gasteiger partial charge on any atom is 0.244 e. The van der Waals surface area contributed by atoms with E-state index in [4.69, 9.17) is 0 Å². The van der Waals surface area contributed by atoms with Crippen LogP contribution in [0, 0.1) is 20.8 Å². The molecule has 0 fully saturated rings. The fourth-order valence-electron chi connectivity index (χ4n) is 3.22. The lowest BCUT2D eigenvalue weighted by molar-refractivity contribution is -0.122. The number of anilines is 1. The summed E-state index contributed by atoms with van der Waals surface area (Å²) in [5.74, 6) is -0.339. The van der Waals surface area contributed by atoms with E-state index >= 15 is 0 Å². The molecule has 1 N–H and O–H groups in total. The van der Waals surface area contributed by atoms with Crippen LogP contribution in [0.2, 0.25) is 0 Å². The number of benzene rings is 2. The molecule has 2 unspecified atom stereocenters. The third kappa shape index (κ3) is 5.10. The van der Waals surface area contributed by atoms with E-state index in [9.17, 15) is 13.2 Å². The van der Waals surface area contributed by atoms with Gasteiger partial charge in [-0.05, 0) is 57.9 Å². The molecule has 27 heavy (non-hydrogen) atoms. The van der Waals surface area contributed by atoms with Gasteiger partial charge in [-0.3, -0.25) is 9.10 Å². The second-order valence-corrected chi connectivity index (χ2v) is 9.02. The van der Waals surface area contributed by atoms with E-state index < -0.39 is 16.1 Å². The number of nitrogens with one attached hydrogen (secondary N) is 1. The van der Waals surface area contributed by atoms with Gasteiger partial charge in [-0.2, -0.15) is 0 Å². The second kappa shape index (κ2) is 8.13. The Morgan fingerprint density at radius 2 is 1.52 bits per heavy atom. The highest BCUT2D eigenvalue weighted by Crippen LogP contribution is 2.23. The monoisotopic (exact) mass is 388 g/mol. The summed E-state index contributed by atoms with van der Waals surface area (Å²) in [4.78, 5) is 12.8. The van der Waals surface area contributed by atoms with Crippen LogP contribution in [-0.2, 0) is 14.8 Å². The maximum atomic E-state index is 12.8. The highest BCUT2D eigenvalue weighted by atomic mass is 32.2. The van der Waals surface area contributed by atoms with Crippen LogP contribution >= 0.6 is 0 Å². The Hall–Kier alpha value is -2.34. The first-order valence-electron chi connectivity index (χ1n) is 8.94. The first kappa shape index (κ1) is 21.0. The van der Waals surface area contributed by atoms with E-state index in [1.807, 2.05) is 52.0 Å². The zero-order chi connectivity index (χ0) is 20.4. The number of aryl methyl sites for hydroxylation is 3. The Labute approximate surface area is 162 Å². The van der Waals surface area contributed by atoms with Crippen LogP contribution in [0.15, 0.2) is 42.5 Å². The molecule has 0 aliphatic heterocycles. The van der Waals surface area contributed by atoms with E-state index in [0.717, 1.165) is 32.8 Å². The van der Waals surface area contributed by atoms with E-state index in [1.165, 1.54) is 0 Å². The summed E-state index contributed by atoms with van der Waals surface area (Å²) in [6, 6.07) is 12.1. The predicted molar refractivity (Wildman–Crippen MR) is 110 cm³/mol. The van der Waals surface area contributed by atoms with Gasteiger partial charge in [0.05, 0.1) is 18.0 Å². The molecule has 0 heterocycles. The molecule has 0 aromatic heterocycles. The van der Waals surface area contributed by atoms with Gasteiger partial charge in [0.1, 0.15) is 6.04 Å². The van der Waals surface area contributed by atoms with Gasteiger partial charge in [0, 0.05) is 0 Å². The van der Waals surface area contributed by atoms with Crippen molar-refractivity contribution in [3.63, 3.8) is 0 Å². The molecule has 2 rings (SSSR count). The lowest BCUT2D eigenvalue weighted by Crippen LogP contribution is -2.48. The summed E-state index contributed by atoms with van der Waals surface area (Å²) in [6.45, 7) is 9.46. The average Bonchev–Trinajstić information content (AvgIpc) is 2.55. The normalized spacial score (nSPS) is 13.7. The molecule has 1 amide bonds. The summed E-state index contributed by atoms with van der Waals surface area (Å²) >= 11 is 0. The fraction of sp³-hybridized carbons (Fsp3) is 0.381. The minimum Gasteiger partial charge on any atom is -0.348 e. The lowest BCUT2D eigenvalue weighted by atomic mass is 10.00. The van der Waals surface area contributed by atoms with Crippen LogP contribution in [0.3, 0.4) is 0 Å². The van der Waals surface area contributed by atoms with Crippen molar-refractivity contribution in [2.45, 2.75) is 46.7 Å². The van der Waals surface area contributed by atoms with Crippen molar-refractivity contribution in [2.75, 3.05) is 10.6 Å². The van der Waals surface area contributed by atoms with Crippen molar-refractivity contribution in [1.82, 2.24) is 5.32 Å². The Bertz CT molecular complexity index is 921. The molecule has 0 bridgehead atoms. The van der Waals surface area contributed by atoms with Crippen molar-refractivity contribution < 1.29 is 13.2 Å². The summed E-state index contributed by atoms with van der Waals surface area (Å²) in [5, 5.41) is 2.94. The molecule has 0 aliphatic carbocycles. The van der Waals surface area contributed by atoms with E-state index in [0.29, 0.717) is 5.69 Å². The number of sulfonamides is 1. The minimum absolute atomic E-state index is 0.222. The number of carbonyl (C=O) groups excluding carboxylic acids is 1. The molecule has 0 radical (unpaired) electrons. The number of amides is 1. The van der Waals surface area contributed by atoms with Gasteiger partial charge in [0.15, 0.2) is 0 Å². The van der Waals surface area contributed by atoms with Gasteiger partial charge < -0.3 is 5.32 Å². The molecule has 146 valence electrons. The lowest BCUT2D eigenvalue weighted by Gasteiger charge is -2.29. The largest absolute Gasteiger partial charge is 0.348 e. The average molecular weight is 389 g/mol. The van der Waals surface area contributed by atoms with Gasteiger partial charge in [0.2, 0.25) is 15.9 Å². The molecule has 0 aliphatic rings. The summed E-state index contributed by atoms with van der Waals surface area (Å²) in [7, 11) is -3.62. The number of nitrogens with zero attached hydrogens (tertiary/aromatic N) is 1. The van der Waals surface area contributed by atoms with Gasteiger partial charge in [-0.25, -0.2) is 8.42 Å². The summed E-state index contributed by atoms with van der Waals surface area (Å²) in [5.41, 5.74) is 4.76. The van der Waals surface area contributed by atoms with Crippen LogP contribution in [0.1, 0.15) is 42.1 Å². The zero-order valence-corrected chi connectivity index (χ0v) is 17.6. The van der Waals surface area contributed by atoms with E-state index in [2.05, 4.69) is 11.4 Å². The van der Waals surface area contributed by atoms with Gasteiger partial charge in [-0.15, -0.1) is 0 Å². The van der Waals surface area contributed by atoms with Crippen LogP contribution in [0.25, 0.3) is 0 Å². The number of hydrogen-bond donors (Lipinski definition) is 1. The Morgan fingerprint density at radius 3 is 2.04 bits per heavy atom. The maximum absolute atomic E-state index is 12.8. The summed E-state index contributed by atoms with van der Waals surface area (Å²) in [6.07, 6.45) is 1.12. The number of rotatable bonds is 6. The third-order valence-corrected chi connectivity index (χ3v) is 5.87. The fourth-order valence-corrected chi connectivity index (χ4v) is 4.40. The van der Waals surface area contributed by atoms with Crippen LogP contribution in [0.5, 0.6) is 0 Å². The van der Waals surface area contributed by atoms with Gasteiger partial charge in [0.25, 0.3) is 0 Å². The number of carbonyl (C=O) groups is 1. The molecular weight excluding hydrogens is 360 g/mol. The van der Waals surface area contributed by atoms with Crippen LogP contribution in [-0.4, -0.2) is 26.6 Å². The number of hydrogen-bond acceptors (Lipinski definition) is 3. The minimum atomic E-state index is -3.62. The zero-order valence-electron chi connectivity index (χ0n) is 16.8. The van der Waals surface area contributed by atoms with E-state index in [1.54, 1.807) is 19.1 Å². The quantitative estimate of drug-likeness (QED) is 0.821. The first-order chi connectivity index (χ1) is 12.5. The molecule has 2 aromatic rings. The molecule has 2 atom stereocenters. The Kier molecular flexibility index (Phi) is 6.31. The second-order valence-electron chi connectivity index (χ2n) is 7.16. The summed E-state index contributed by atoms with van der Waals surface area (Å²) < 4.78 is 25.9.